The number of benzene rings is 1. The van der Waals surface area contributed by atoms with Crippen LogP contribution in [0.3, 0.4) is 0 Å². The minimum absolute atomic E-state index is 0.153. The number of hydrogen-bond donors (Lipinski definition) is 1. The highest BCUT2D eigenvalue weighted by Crippen LogP contribution is 2.16. The highest BCUT2D eigenvalue weighted by atomic mass is 19.1. The second kappa shape index (κ2) is 6.35. The second-order valence-corrected chi connectivity index (χ2v) is 3.96. The van der Waals surface area contributed by atoms with E-state index in [4.69, 9.17) is 5.73 Å². The molecule has 0 aliphatic heterocycles. The molecule has 0 aliphatic rings. The lowest BCUT2D eigenvalue weighted by atomic mass is 10.1. The summed E-state index contributed by atoms with van der Waals surface area (Å²) in [7, 11) is 0. The van der Waals surface area contributed by atoms with E-state index < -0.39 is 6.04 Å². The lowest BCUT2D eigenvalue weighted by Crippen LogP contribution is -2.43. The van der Waals surface area contributed by atoms with E-state index >= 15 is 0 Å². The SMILES string of the molecule is CCC[C@H](N)C(=O)N(CC)c1cccc(F)c1. The molecule has 3 nitrogen and oxygen atoms in total. The molecule has 1 aromatic rings. The van der Waals surface area contributed by atoms with Crippen LogP contribution in [0.1, 0.15) is 26.7 Å². The zero-order chi connectivity index (χ0) is 12.8. The van der Waals surface area contributed by atoms with Gasteiger partial charge < -0.3 is 10.6 Å². The standard InChI is InChI=1S/C13H19FN2O/c1-3-6-12(15)13(17)16(4-2)11-8-5-7-10(14)9-11/h5,7-9,12H,3-4,6,15H2,1-2H3/t12-/m0/s1. The maximum absolute atomic E-state index is 13.1. The zero-order valence-corrected chi connectivity index (χ0v) is 10.3. The van der Waals surface area contributed by atoms with Gasteiger partial charge in [0.15, 0.2) is 0 Å². The van der Waals surface area contributed by atoms with Gasteiger partial charge in [-0.1, -0.05) is 19.4 Å². The Labute approximate surface area is 101 Å². The Balaban J connectivity index is 2.88. The Morgan fingerprint density at radius 2 is 2.18 bits per heavy atom. The van der Waals surface area contributed by atoms with Gasteiger partial charge in [-0.05, 0) is 31.5 Å². The number of halogens is 1. The molecule has 2 N–H and O–H groups in total. The van der Waals surface area contributed by atoms with Crippen molar-refractivity contribution in [1.29, 1.82) is 0 Å². The van der Waals surface area contributed by atoms with E-state index in [1.165, 1.54) is 17.0 Å². The molecule has 17 heavy (non-hydrogen) atoms. The van der Waals surface area contributed by atoms with Crippen molar-refractivity contribution in [2.75, 3.05) is 11.4 Å². The summed E-state index contributed by atoms with van der Waals surface area (Å²) in [6.07, 6.45) is 1.50. The van der Waals surface area contributed by atoms with E-state index in [-0.39, 0.29) is 11.7 Å². The van der Waals surface area contributed by atoms with Crippen molar-refractivity contribution in [1.82, 2.24) is 0 Å². The maximum atomic E-state index is 13.1. The molecule has 0 spiro atoms. The van der Waals surface area contributed by atoms with Crippen molar-refractivity contribution in [3.63, 3.8) is 0 Å². The van der Waals surface area contributed by atoms with Crippen molar-refractivity contribution in [3.05, 3.63) is 30.1 Å². The van der Waals surface area contributed by atoms with Gasteiger partial charge in [0.1, 0.15) is 5.82 Å². The van der Waals surface area contributed by atoms with Crippen LogP contribution in [-0.4, -0.2) is 18.5 Å². The average Bonchev–Trinajstić information content (AvgIpc) is 2.30. The number of hydrogen-bond acceptors (Lipinski definition) is 2. The molecule has 0 saturated carbocycles. The molecule has 1 atom stereocenters. The molecule has 1 amide bonds. The van der Waals surface area contributed by atoms with Crippen LogP contribution in [0.2, 0.25) is 0 Å². The third-order valence-electron chi connectivity index (χ3n) is 2.62. The number of nitrogens with zero attached hydrogens (tertiary/aromatic N) is 1. The monoisotopic (exact) mass is 238 g/mol. The number of anilines is 1. The first-order valence-electron chi connectivity index (χ1n) is 5.92. The van der Waals surface area contributed by atoms with Crippen LogP contribution in [0.15, 0.2) is 24.3 Å². The maximum Gasteiger partial charge on any atom is 0.243 e. The molecule has 94 valence electrons. The summed E-state index contributed by atoms with van der Waals surface area (Å²) in [5, 5.41) is 0. The Bertz CT molecular complexity index is 381. The number of rotatable bonds is 5. The first-order chi connectivity index (χ1) is 8.10. The summed E-state index contributed by atoms with van der Waals surface area (Å²) in [4.78, 5) is 13.6. The zero-order valence-electron chi connectivity index (χ0n) is 10.3. The summed E-state index contributed by atoms with van der Waals surface area (Å²) < 4.78 is 13.1. The minimum atomic E-state index is -0.511. The lowest BCUT2D eigenvalue weighted by molar-refractivity contribution is -0.119. The van der Waals surface area contributed by atoms with Crippen molar-refractivity contribution >= 4 is 11.6 Å². The normalized spacial score (nSPS) is 12.2. The molecular formula is C13H19FN2O. The third-order valence-corrected chi connectivity index (χ3v) is 2.62. The molecule has 0 radical (unpaired) electrons. The molecule has 4 heteroatoms. The fourth-order valence-electron chi connectivity index (χ4n) is 1.74. The van der Waals surface area contributed by atoms with Crippen molar-refractivity contribution in [2.45, 2.75) is 32.7 Å². The average molecular weight is 238 g/mol. The summed E-state index contributed by atoms with van der Waals surface area (Å²) >= 11 is 0. The Morgan fingerprint density at radius 3 is 2.71 bits per heavy atom. The first kappa shape index (κ1) is 13.6. The molecule has 0 saturated heterocycles. The predicted molar refractivity (Wildman–Crippen MR) is 67.3 cm³/mol. The van der Waals surface area contributed by atoms with Crippen LogP contribution in [0.25, 0.3) is 0 Å². The number of amides is 1. The van der Waals surface area contributed by atoms with Crippen LogP contribution < -0.4 is 10.6 Å². The molecule has 0 aliphatic carbocycles. The fraction of sp³-hybridized carbons (Fsp3) is 0.462. The Morgan fingerprint density at radius 1 is 1.47 bits per heavy atom. The first-order valence-corrected chi connectivity index (χ1v) is 5.92. The van der Waals surface area contributed by atoms with Crippen LogP contribution in [0.5, 0.6) is 0 Å². The van der Waals surface area contributed by atoms with E-state index in [2.05, 4.69) is 0 Å². The molecule has 0 aromatic heterocycles. The summed E-state index contributed by atoms with van der Waals surface area (Å²) in [5.41, 5.74) is 6.35. The van der Waals surface area contributed by atoms with Gasteiger partial charge in [0, 0.05) is 12.2 Å². The van der Waals surface area contributed by atoms with Gasteiger partial charge >= 0.3 is 0 Å². The van der Waals surface area contributed by atoms with E-state index in [1.54, 1.807) is 12.1 Å². The van der Waals surface area contributed by atoms with Crippen molar-refractivity contribution in [3.8, 4) is 0 Å². The molecule has 0 bridgehead atoms. The van der Waals surface area contributed by atoms with Gasteiger partial charge in [-0.3, -0.25) is 4.79 Å². The van der Waals surface area contributed by atoms with E-state index in [0.29, 0.717) is 18.7 Å². The molecule has 0 heterocycles. The molecular weight excluding hydrogens is 219 g/mol. The molecule has 0 fully saturated rings. The third kappa shape index (κ3) is 3.53. The van der Waals surface area contributed by atoms with E-state index in [0.717, 1.165) is 6.42 Å². The topological polar surface area (TPSA) is 46.3 Å². The highest BCUT2D eigenvalue weighted by Gasteiger charge is 2.20. The van der Waals surface area contributed by atoms with Crippen LogP contribution in [0.4, 0.5) is 10.1 Å². The minimum Gasteiger partial charge on any atom is -0.320 e. The summed E-state index contributed by atoms with van der Waals surface area (Å²) in [6.45, 7) is 4.31. The van der Waals surface area contributed by atoms with Crippen LogP contribution >= 0.6 is 0 Å². The van der Waals surface area contributed by atoms with E-state index in [9.17, 15) is 9.18 Å². The van der Waals surface area contributed by atoms with Crippen LogP contribution in [0, 0.1) is 5.82 Å². The van der Waals surface area contributed by atoms with Crippen LogP contribution in [-0.2, 0) is 4.79 Å². The Kier molecular flexibility index (Phi) is 5.10. The molecule has 1 rings (SSSR count). The quantitative estimate of drug-likeness (QED) is 0.855. The summed E-state index contributed by atoms with van der Waals surface area (Å²) in [6, 6.07) is 5.49. The van der Waals surface area contributed by atoms with Gasteiger partial charge in [0.05, 0.1) is 6.04 Å². The smallest absolute Gasteiger partial charge is 0.243 e. The lowest BCUT2D eigenvalue weighted by Gasteiger charge is -2.24. The summed E-state index contributed by atoms with van der Waals surface area (Å²) in [5.74, 6) is -0.502. The Hall–Kier alpha value is -1.42. The highest BCUT2D eigenvalue weighted by molar-refractivity contribution is 5.96. The van der Waals surface area contributed by atoms with E-state index in [1.807, 2.05) is 13.8 Å². The van der Waals surface area contributed by atoms with Gasteiger partial charge in [-0.2, -0.15) is 0 Å². The molecule has 0 unspecified atom stereocenters. The van der Waals surface area contributed by atoms with Crippen molar-refractivity contribution in [2.24, 2.45) is 5.73 Å². The number of nitrogens with two attached hydrogens (primary N) is 1. The second-order valence-electron chi connectivity index (χ2n) is 3.96. The number of likely N-dealkylation sites (N-methyl/N-ethyl adjacent to an activating group) is 1. The number of carbonyl (C=O) groups is 1. The van der Waals surface area contributed by atoms with Gasteiger partial charge in [-0.15, -0.1) is 0 Å². The number of carbonyl (C=O) groups excluding carboxylic acids is 1. The van der Waals surface area contributed by atoms with Gasteiger partial charge in [0.25, 0.3) is 0 Å². The van der Waals surface area contributed by atoms with Crippen molar-refractivity contribution < 1.29 is 9.18 Å². The van der Waals surface area contributed by atoms with Gasteiger partial charge in [-0.25, -0.2) is 4.39 Å². The fourth-order valence-corrected chi connectivity index (χ4v) is 1.74. The molecule has 1 aromatic carbocycles. The van der Waals surface area contributed by atoms with Gasteiger partial charge in [0.2, 0.25) is 5.91 Å². The largest absolute Gasteiger partial charge is 0.320 e. The predicted octanol–water partition coefficient (Wildman–Crippen LogP) is 2.31.